The molecule has 0 heterocycles. The standard InChI is InChI=1S/C13H18N2/c1-3-5-11-7-10(9-14)8-12(6-4-2)13(11)15/h7-8H,3-6,15H2,1-2H3. The molecule has 0 aliphatic carbocycles. The van der Waals surface area contributed by atoms with Gasteiger partial charge in [-0.2, -0.15) is 5.26 Å². The van der Waals surface area contributed by atoms with E-state index in [9.17, 15) is 0 Å². The Morgan fingerprint density at radius 3 is 1.93 bits per heavy atom. The number of aryl methyl sites for hydroxylation is 2. The van der Waals surface area contributed by atoms with Crippen LogP contribution in [0.25, 0.3) is 0 Å². The maximum atomic E-state index is 8.92. The fourth-order valence-corrected chi connectivity index (χ4v) is 1.80. The van der Waals surface area contributed by atoms with E-state index in [4.69, 9.17) is 11.0 Å². The van der Waals surface area contributed by atoms with Crippen molar-refractivity contribution < 1.29 is 0 Å². The zero-order valence-electron chi connectivity index (χ0n) is 9.51. The third-order valence-electron chi connectivity index (χ3n) is 2.52. The average Bonchev–Trinajstić information content (AvgIpc) is 2.24. The Hall–Kier alpha value is -1.49. The van der Waals surface area contributed by atoms with Crippen molar-refractivity contribution in [2.24, 2.45) is 0 Å². The van der Waals surface area contributed by atoms with E-state index in [1.165, 1.54) is 0 Å². The molecule has 0 amide bonds. The molecule has 0 atom stereocenters. The van der Waals surface area contributed by atoms with Crippen LogP contribution < -0.4 is 5.73 Å². The van der Waals surface area contributed by atoms with Crippen LogP contribution in [0.15, 0.2) is 12.1 Å². The maximum absolute atomic E-state index is 8.92. The third-order valence-corrected chi connectivity index (χ3v) is 2.52. The van der Waals surface area contributed by atoms with Gasteiger partial charge >= 0.3 is 0 Å². The second kappa shape index (κ2) is 5.41. The quantitative estimate of drug-likeness (QED) is 0.763. The van der Waals surface area contributed by atoms with Crippen LogP contribution in [0.1, 0.15) is 43.4 Å². The van der Waals surface area contributed by atoms with Crippen LogP contribution in [0.4, 0.5) is 5.69 Å². The van der Waals surface area contributed by atoms with Gasteiger partial charge in [0.25, 0.3) is 0 Å². The molecule has 1 rings (SSSR count). The molecule has 0 spiro atoms. The molecule has 0 fully saturated rings. The smallest absolute Gasteiger partial charge is 0.0991 e. The monoisotopic (exact) mass is 202 g/mol. The van der Waals surface area contributed by atoms with Crippen LogP contribution in [0.2, 0.25) is 0 Å². The molecule has 1 aromatic carbocycles. The minimum atomic E-state index is 0.733. The molecule has 2 heteroatoms. The van der Waals surface area contributed by atoms with Crippen LogP contribution in [0.3, 0.4) is 0 Å². The van der Waals surface area contributed by atoms with Crippen molar-refractivity contribution in [1.29, 1.82) is 5.26 Å². The van der Waals surface area contributed by atoms with Crippen molar-refractivity contribution >= 4 is 5.69 Å². The van der Waals surface area contributed by atoms with E-state index in [1.54, 1.807) is 0 Å². The summed E-state index contributed by atoms with van der Waals surface area (Å²) in [7, 11) is 0. The van der Waals surface area contributed by atoms with Crippen molar-refractivity contribution in [2.75, 3.05) is 5.73 Å². The van der Waals surface area contributed by atoms with Crippen molar-refractivity contribution in [3.8, 4) is 6.07 Å². The number of nitrogens with two attached hydrogens (primary N) is 1. The summed E-state index contributed by atoms with van der Waals surface area (Å²) in [6.07, 6.45) is 4.03. The first-order chi connectivity index (χ1) is 7.22. The van der Waals surface area contributed by atoms with Gasteiger partial charge in [-0.05, 0) is 36.1 Å². The molecule has 0 radical (unpaired) electrons. The summed E-state index contributed by atoms with van der Waals surface area (Å²) in [5, 5.41) is 8.92. The van der Waals surface area contributed by atoms with Gasteiger partial charge in [-0.1, -0.05) is 26.7 Å². The van der Waals surface area contributed by atoms with Crippen LogP contribution in [0.5, 0.6) is 0 Å². The fraction of sp³-hybridized carbons (Fsp3) is 0.462. The predicted octanol–water partition coefficient (Wildman–Crippen LogP) is 3.05. The molecule has 0 unspecified atom stereocenters. The summed E-state index contributed by atoms with van der Waals surface area (Å²) in [6, 6.07) is 6.03. The molecule has 0 aliphatic rings. The van der Waals surface area contributed by atoms with E-state index < -0.39 is 0 Å². The SMILES string of the molecule is CCCc1cc(C#N)cc(CCC)c1N. The van der Waals surface area contributed by atoms with Crippen molar-refractivity contribution in [1.82, 2.24) is 0 Å². The highest BCUT2D eigenvalue weighted by Gasteiger charge is 2.06. The molecule has 0 bridgehead atoms. The first-order valence-corrected chi connectivity index (χ1v) is 5.54. The summed E-state index contributed by atoms with van der Waals surface area (Å²) < 4.78 is 0. The Bertz CT molecular complexity index is 348. The van der Waals surface area contributed by atoms with E-state index in [0.717, 1.165) is 48.1 Å². The van der Waals surface area contributed by atoms with Crippen molar-refractivity contribution in [2.45, 2.75) is 39.5 Å². The van der Waals surface area contributed by atoms with E-state index in [-0.39, 0.29) is 0 Å². The van der Waals surface area contributed by atoms with Crippen LogP contribution in [-0.2, 0) is 12.8 Å². The van der Waals surface area contributed by atoms with E-state index in [2.05, 4.69) is 19.9 Å². The zero-order valence-corrected chi connectivity index (χ0v) is 9.51. The largest absolute Gasteiger partial charge is 0.398 e. The Labute approximate surface area is 91.7 Å². The fourth-order valence-electron chi connectivity index (χ4n) is 1.80. The van der Waals surface area contributed by atoms with E-state index >= 15 is 0 Å². The molecule has 0 saturated heterocycles. The van der Waals surface area contributed by atoms with Gasteiger partial charge in [0.2, 0.25) is 0 Å². The average molecular weight is 202 g/mol. The Morgan fingerprint density at radius 1 is 1.13 bits per heavy atom. The third kappa shape index (κ3) is 2.73. The molecular weight excluding hydrogens is 184 g/mol. The molecule has 0 aliphatic heterocycles. The molecule has 2 N–H and O–H groups in total. The Morgan fingerprint density at radius 2 is 1.60 bits per heavy atom. The highest BCUT2D eigenvalue weighted by molar-refractivity contribution is 5.57. The number of anilines is 1. The number of nitriles is 1. The van der Waals surface area contributed by atoms with E-state index in [0.29, 0.717) is 0 Å². The van der Waals surface area contributed by atoms with Gasteiger partial charge in [0.1, 0.15) is 0 Å². The molecule has 0 saturated carbocycles. The summed E-state index contributed by atoms with van der Waals surface area (Å²) in [6.45, 7) is 4.25. The number of benzene rings is 1. The Kier molecular flexibility index (Phi) is 4.17. The van der Waals surface area contributed by atoms with Gasteiger partial charge in [-0.3, -0.25) is 0 Å². The van der Waals surface area contributed by atoms with Crippen molar-refractivity contribution in [3.05, 3.63) is 28.8 Å². The van der Waals surface area contributed by atoms with Gasteiger partial charge in [-0.15, -0.1) is 0 Å². The van der Waals surface area contributed by atoms with Gasteiger partial charge in [-0.25, -0.2) is 0 Å². The molecule has 0 aromatic heterocycles. The first-order valence-electron chi connectivity index (χ1n) is 5.54. The molecule has 80 valence electrons. The summed E-state index contributed by atoms with van der Waals surface area (Å²) in [5.41, 5.74) is 9.94. The van der Waals surface area contributed by atoms with Gasteiger partial charge in [0.15, 0.2) is 0 Å². The predicted molar refractivity (Wildman–Crippen MR) is 63.6 cm³/mol. The number of hydrogen-bond donors (Lipinski definition) is 1. The van der Waals surface area contributed by atoms with Gasteiger partial charge in [0, 0.05) is 5.69 Å². The summed E-state index contributed by atoms with van der Waals surface area (Å²) in [4.78, 5) is 0. The lowest BCUT2D eigenvalue weighted by Gasteiger charge is -2.10. The summed E-state index contributed by atoms with van der Waals surface area (Å²) in [5.74, 6) is 0. The molecular formula is C13H18N2. The molecule has 2 nitrogen and oxygen atoms in total. The number of hydrogen-bond acceptors (Lipinski definition) is 2. The highest BCUT2D eigenvalue weighted by Crippen LogP contribution is 2.22. The number of rotatable bonds is 4. The zero-order chi connectivity index (χ0) is 11.3. The van der Waals surface area contributed by atoms with Crippen molar-refractivity contribution in [3.63, 3.8) is 0 Å². The van der Waals surface area contributed by atoms with Crippen LogP contribution >= 0.6 is 0 Å². The van der Waals surface area contributed by atoms with Crippen LogP contribution in [0, 0.1) is 11.3 Å². The molecule has 1 aromatic rings. The van der Waals surface area contributed by atoms with Gasteiger partial charge < -0.3 is 5.73 Å². The van der Waals surface area contributed by atoms with Gasteiger partial charge in [0.05, 0.1) is 11.6 Å². The Balaban J connectivity index is 3.15. The maximum Gasteiger partial charge on any atom is 0.0991 e. The van der Waals surface area contributed by atoms with E-state index in [1.807, 2.05) is 12.1 Å². The first kappa shape index (κ1) is 11.6. The second-order valence-electron chi connectivity index (χ2n) is 3.82. The lowest BCUT2D eigenvalue weighted by Crippen LogP contribution is -2.01. The number of nitrogens with zero attached hydrogens (tertiary/aromatic N) is 1. The minimum absolute atomic E-state index is 0.733. The topological polar surface area (TPSA) is 49.8 Å². The summed E-state index contributed by atoms with van der Waals surface area (Å²) >= 11 is 0. The second-order valence-corrected chi connectivity index (χ2v) is 3.82. The number of nitrogen functional groups attached to an aromatic ring is 1. The lowest BCUT2D eigenvalue weighted by atomic mass is 9.98. The molecule has 15 heavy (non-hydrogen) atoms. The lowest BCUT2D eigenvalue weighted by molar-refractivity contribution is 0.899. The normalized spacial score (nSPS) is 9.93. The highest BCUT2D eigenvalue weighted by atomic mass is 14.6. The van der Waals surface area contributed by atoms with Crippen LogP contribution in [-0.4, -0.2) is 0 Å². The minimum Gasteiger partial charge on any atom is -0.398 e.